The molecule has 0 aliphatic carbocycles. The van der Waals surface area contributed by atoms with E-state index in [0.717, 1.165) is 23.6 Å². The van der Waals surface area contributed by atoms with E-state index in [1.807, 2.05) is 19.1 Å². The van der Waals surface area contributed by atoms with E-state index in [1.165, 1.54) is 5.56 Å². The summed E-state index contributed by atoms with van der Waals surface area (Å²) in [5, 5.41) is 6.44. The molecule has 3 aromatic rings. The fourth-order valence-electron chi connectivity index (χ4n) is 2.62. The van der Waals surface area contributed by atoms with Crippen molar-refractivity contribution in [2.75, 3.05) is 6.54 Å². The molecule has 0 aliphatic rings. The molecular formula is C22H29N5O2. The van der Waals surface area contributed by atoms with Crippen molar-refractivity contribution in [2.45, 2.75) is 53.1 Å². The maximum atomic E-state index is 5.85. The van der Waals surface area contributed by atoms with Crippen molar-refractivity contribution in [3.05, 3.63) is 59.8 Å². The van der Waals surface area contributed by atoms with Gasteiger partial charge in [-0.15, -0.1) is 0 Å². The Balaban J connectivity index is 1.61. The van der Waals surface area contributed by atoms with Gasteiger partial charge in [0.2, 0.25) is 11.8 Å². The van der Waals surface area contributed by atoms with Crippen molar-refractivity contribution in [3.8, 4) is 11.3 Å². The highest BCUT2D eigenvalue weighted by Crippen LogP contribution is 2.23. The largest absolute Gasteiger partial charge is 0.443 e. The number of benzene rings is 1. The standard InChI is InChI=1S/C22H29N5O2/c1-6-23-21(27-14-20-25-12-18(29-20)22(3,4)5)26-13-19-24-11-17(28-19)16-9-7-15(2)8-10-16/h7-12H,6,13-14H2,1-5H3,(H2,23,26,27). The van der Waals surface area contributed by atoms with Gasteiger partial charge in [-0.3, -0.25) is 0 Å². The van der Waals surface area contributed by atoms with Crippen molar-refractivity contribution in [1.82, 2.24) is 20.6 Å². The van der Waals surface area contributed by atoms with Crippen LogP contribution in [0, 0.1) is 6.92 Å². The van der Waals surface area contributed by atoms with Gasteiger partial charge in [0.05, 0.1) is 18.9 Å². The molecule has 0 amide bonds. The summed E-state index contributed by atoms with van der Waals surface area (Å²) in [7, 11) is 0. The molecule has 2 aromatic heterocycles. The molecule has 154 valence electrons. The predicted molar refractivity (Wildman–Crippen MR) is 114 cm³/mol. The van der Waals surface area contributed by atoms with E-state index < -0.39 is 0 Å². The summed E-state index contributed by atoms with van der Waals surface area (Å²) >= 11 is 0. The average Bonchev–Trinajstić information content (AvgIpc) is 3.34. The lowest BCUT2D eigenvalue weighted by Gasteiger charge is -2.13. The first kappa shape index (κ1) is 20.6. The number of aliphatic imine (C=N–C) groups is 1. The second-order valence-electron chi connectivity index (χ2n) is 7.90. The number of oxazole rings is 2. The van der Waals surface area contributed by atoms with Crippen LogP contribution < -0.4 is 10.6 Å². The molecule has 7 nitrogen and oxygen atoms in total. The summed E-state index contributed by atoms with van der Waals surface area (Å²) in [6, 6.07) is 8.17. The van der Waals surface area contributed by atoms with Crippen molar-refractivity contribution >= 4 is 5.96 Å². The van der Waals surface area contributed by atoms with E-state index in [0.29, 0.717) is 30.8 Å². The smallest absolute Gasteiger partial charge is 0.216 e. The highest BCUT2D eigenvalue weighted by atomic mass is 16.4. The topological polar surface area (TPSA) is 88.5 Å². The van der Waals surface area contributed by atoms with Crippen LogP contribution in [-0.2, 0) is 18.5 Å². The van der Waals surface area contributed by atoms with Crippen molar-refractivity contribution < 1.29 is 8.83 Å². The van der Waals surface area contributed by atoms with Gasteiger partial charge in [0.25, 0.3) is 0 Å². The van der Waals surface area contributed by atoms with Crippen LogP contribution in [0.5, 0.6) is 0 Å². The fourth-order valence-corrected chi connectivity index (χ4v) is 2.62. The minimum atomic E-state index is -0.0716. The lowest BCUT2D eigenvalue weighted by molar-refractivity contribution is 0.383. The Labute approximate surface area is 171 Å². The summed E-state index contributed by atoms with van der Waals surface area (Å²) in [6.07, 6.45) is 3.51. The van der Waals surface area contributed by atoms with E-state index in [9.17, 15) is 0 Å². The monoisotopic (exact) mass is 395 g/mol. The number of aromatic nitrogens is 2. The van der Waals surface area contributed by atoms with E-state index in [2.05, 4.69) is 65.4 Å². The number of hydrogen-bond donors (Lipinski definition) is 2. The van der Waals surface area contributed by atoms with Crippen LogP contribution in [0.2, 0.25) is 0 Å². The first-order chi connectivity index (χ1) is 13.8. The van der Waals surface area contributed by atoms with E-state index in [-0.39, 0.29) is 5.41 Å². The van der Waals surface area contributed by atoms with Gasteiger partial charge < -0.3 is 19.5 Å². The Morgan fingerprint density at radius 3 is 2.38 bits per heavy atom. The van der Waals surface area contributed by atoms with Crippen LogP contribution in [0.15, 0.2) is 50.5 Å². The third-order valence-electron chi connectivity index (χ3n) is 4.31. The first-order valence-electron chi connectivity index (χ1n) is 9.84. The van der Waals surface area contributed by atoms with Crippen LogP contribution in [0.3, 0.4) is 0 Å². The Kier molecular flexibility index (Phi) is 6.36. The molecular weight excluding hydrogens is 366 g/mol. The SMILES string of the molecule is CCNC(=NCc1ncc(C(C)(C)C)o1)NCc1ncc(-c2ccc(C)cc2)o1. The third-order valence-corrected chi connectivity index (χ3v) is 4.31. The molecule has 0 saturated carbocycles. The fraction of sp³-hybridized carbons (Fsp3) is 0.409. The predicted octanol–water partition coefficient (Wildman–Crippen LogP) is 4.19. The molecule has 0 saturated heterocycles. The molecule has 0 spiro atoms. The molecule has 2 N–H and O–H groups in total. The van der Waals surface area contributed by atoms with Crippen LogP contribution in [0.4, 0.5) is 0 Å². The quantitative estimate of drug-likeness (QED) is 0.481. The molecule has 3 rings (SSSR count). The van der Waals surface area contributed by atoms with Crippen molar-refractivity contribution in [2.24, 2.45) is 4.99 Å². The molecule has 0 atom stereocenters. The number of hydrogen-bond acceptors (Lipinski definition) is 5. The molecule has 2 heterocycles. The average molecular weight is 396 g/mol. The van der Waals surface area contributed by atoms with Gasteiger partial charge >= 0.3 is 0 Å². The summed E-state index contributed by atoms with van der Waals surface area (Å²) in [5.41, 5.74) is 2.15. The maximum Gasteiger partial charge on any atom is 0.216 e. The third kappa shape index (κ3) is 5.70. The zero-order valence-electron chi connectivity index (χ0n) is 17.7. The van der Waals surface area contributed by atoms with Gasteiger partial charge in [0, 0.05) is 17.5 Å². The first-order valence-corrected chi connectivity index (χ1v) is 9.84. The van der Waals surface area contributed by atoms with Crippen LogP contribution in [-0.4, -0.2) is 22.5 Å². The van der Waals surface area contributed by atoms with Crippen molar-refractivity contribution in [1.29, 1.82) is 0 Å². The van der Waals surface area contributed by atoms with E-state index in [4.69, 9.17) is 8.83 Å². The van der Waals surface area contributed by atoms with E-state index >= 15 is 0 Å². The molecule has 0 fully saturated rings. The minimum Gasteiger partial charge on any atom is -0.443 e. The minimum absolute atomic E-state index is 0.0716. The second kappa shape index (κ2) is 8.94. The number of rotatable bonds is 6. The lowest BCUT2D eigenvalue weighted by atomic mass is 9.94. The van der Waals surface area contributed by atoms with Crippen LogP contribution in [0.25, 0.3) is 11.3 Å². The Morgan fingerprint density at radius 1 is 1.00 bits per heavy atom. The highest BCUT2D eigenvalue weighted by Gasteiger charge is 2.19. The van der Waals surface area contributed by atoms with Gasteiger partial charge in [-0.2, -0.15) is 0 Å². The second-order valence-corrected chi connectivity index (χ2v) is 7.90. The van der Waals surface area contributed by atoms with Crippen molar-refractivity contribution in [3.63, 3.8) is 0 Å². The molecule has 0 unspecified atom stereocenters. The number of nitrogens with one attached hydrogen (secondary N) is 2. The highest BCUT2D eigenvalue weighted by molar-refractivity contribution is 5.79. The van der Waals surface area contributed by atoms with Gasteiger partial charge in [0.15, 0.2) is 11.7 Å². The van der Waals surface area contributed by atoms with Crippen LogP contribution in [0.1, 0.15) is 50.8 Å². The Morgan fingerprint density at radius 2 is 1.72 bits per heavy atom. The molecule has 0 radical (unpaired) electrons. The molecule has 7 heteroatoms. The summed E-state index contributed by atoms with van der Waals surface area (Å²) < 4.78 is 11.6. The lowest BCUT2D eigenvalue weighted by Crippen LogP contribution is -2.36. The Hall–Kier alpha value is -3.09. The number of guanidine groups is 1. The van der Waals surface area contributed by atoms with Gasteiger partial charge in [-0.1, -0.05) is 50.6 Å². The number of aryl methyl sites for hydroxylation is 1. The maximum absolute atomic E-state index is 5.85. The van der Waals surface area contributed by atoms with Crippen LogP contribution >= 0.6 is 0 Å². The zero-order valence-corrected chi connectivity index (χ0v) is 17.7. The number of nitrogens with zero attached hydrogens (tertiary/aromatic N) is 3. The normalized spacial score (nSPS) is 12.2. The van der Waals surface area contributed by atoms with Gasteiger partial charge in [-0.05, 0) is 13.8 Å². The summed E-state index contributed by atoms with van der Waals surface area (Å²) in [5.74, 6) is 3.43. The van der Waals surface area contributed by atoms with Gasteiger partial charge in [-0.25, -0.2) is 15.0 Å². The summed E-state index contributed by atoms with van der Waals surface area (Å²) in [6.45, 7) is 11.9. The molecule has 1 aromatic carbocycles. The van der Waals surface area contributed by atoms with E-state index in [1.54, 1.807) is 12.4 Å². The Bertz CT molecular complexity index is 948. The summed E-state index contributed by atoms with van der Waals surface area (Å²) in [4.78, 5) is 13.2. The molecule has 0 bridgehead atoms. The zero-order chi connectivity index (χ0) is 20.9. The molecule has 29 heavy (non-hydrogen) atoms. The van der Waals surface area contributed by atoms with Gasteiger partial charge in [0.1, 0.15) is 12.3 Å². The molecule has 0 aliphatic heterocycles.